The zero-order chi connectivity index (χ0) is 13.3. The molecule has 1 aliphatic rings. The van der Waals surface area contributed by atoms with Gasteiger partial charge in [0.15, 0.2) is 0 Å². The van der Waals surface area contributed by atoms with E-state index in [-0.39, 0.29) is 0 Å². The number of benzene rings is 1. The topological polar surface area (TPSA) is 15.3 Å². The van der Waals surface area contributed by atoms with Gasteiger partial charge >= 0.3 is 0 Å². The molecular weight excluding hydrogens is 356 g/mol. The number of piperidine rings is 1. The minimum absolute atomic E-state index is 0.534. The first-order valence-electron chi connectivity index (χ1n) is 6.44. The van der Waals surface area contributed by atoms with Crippen LogP contribution in [0.2, 0.25) is 0 Å². The Morgan fingerprint density at radius 3 is 2.39 bits per heavy atom. The molecule has 0 amide bonds. The molecule has 2 nitrogen and oxygen atoms in total. The lowest BCUT2D eigenvalue weighted by Gasteiger charge is -2.44. The van der Waals surface area contributed by atoms with Crippen LogP contribution in [0.1, 0.15) is 20.3 Å². The lowest BCUT2D eigenvalue weighted by atomic mass is 9.87. The Bertz CT molecular complexity index is 402. The number of para-hydroxylation sites is 1. The summed E-state index contributed by atoms with van der Waals surface area (Å²) < 4.78 is 2.33. The van der Waals surface area contributed by atoms with Gasteiger partial charge in [-0.25, -0.2) is 0 Å². The van der Waals surface area contributed by atoms with Crippen molar-refractivity contribution in [1.29, 1.82) is 0 Å². The second-order valence-corrected chi connectivity index (χ2v) is 6.76. The van der Waals surface area contributed by atoms with Gasteiger partial charge in [-0.3, -0.25) is 0 Å². The third-order valence-electron chi connectivity index (χ3n) is 4.16. The SMILES string of the molecule is CNC1CCN(c2c(Br)cccc2Br)C(C)C1C. The molecular formula is C14H20Br2N2. The molecule has 1 aromatic carbocycles. The van der Waals surface area contributed by atoms with E-state index in [4.69, 9.17) is 0 Å². The molecule has 0 aromatic heterocycles. The minimum Gasteiger partial charge on any atom is -0.367 e. The summed E-state index contributed by atoms with van der Waals surface area (Å²) in [6.45, 7) is 5.75. The van der Waals surface area contributed by atoms with Gasteiger partial charge in [0.1, 0.15) is 0 Å². The first kappa shape index (κ1) is 14.4. The number of hydrogen-bond acceptors (Lipinski definition) is 2. The Morgan fingerprint density at radius 1 is 1.22 bits per heavy atom. The van der Waals surface area contributed by atoms with E-state index in [1.807, 2.05) is 0 Å². The van der Waals surface area contributed by atoms with Crippen LogP contribution in [0.5, 0.6) is 0 Å². The zero-order valence-electron chi connectivity index (χ0n) is 11.1. The van der Waals surface area contributed by atoms with Crippen molar-refractivity contribution in [3.63, 3.8) is 0 Å². The average molecular weight is 376 g/mol. The van der Waals surface area contributed by atoms with E-state index >= 15 is 0 Å². The van der Waals surface area contributed by atoms with E-state index in [1.165, 1.54) is 21.1 Å². The van der Waals surface area contributed by atoms with Gasteiger partial charge in [-0.2, -0.15) is 0 Å². The lowest BCUT2D eigenvalue weighted by Crippen LogP contribution is -2.53. The van der Waals surface area contributed by atoms with Crippen molar-refractivity contribution < 1.29 is 0 Å². The van der Waals surface area contributed by atoms with E-state index in [0.717, 1.165) is 6.54 Å². The van der Waals surface area contributed by atoms with E-state index < -0.39 is 0 Å². The van der Waals surface area contributed by atoms with Crippen molar-refractivity contribution in [2.24, 2.45) is 5.92 Å². The highest BCUT2D eigenvalue weighted by Crippen LogP contribution is 2.38. The molecule has 100 valence electrons. The van der Waals surface area contributed by atoms with Gasteiger partial charge in [-0.15, -0.1) is 0 Å². The number of halogens is 2. The van der Waals surface area contributed by atoms with Crippen LogP contribution in [0.15, 0.2) is 27.1 Å². The maximum atomic E-state index is 3.67. The highest BCUT2D eigenvalue weighted by Gasteiger charge is 2.32. The summed E-state index contributed by atoms with van der Waals surface area (Å²) in [5, 5.41) is 3.44. The number of nitrogens with one attached hydrogen (secondary N) is 1. The summed E-state index contributed by atoms with van der Waals surface area (Å²) in [7, 11) is 2.07. The Morgan fingerprint density at radius 2 is 1.83 bits per heavy atom. The van der Waals surface area contributed by atoms with Gasteiger partial charge in [0.25, 0.3) is 0 Å². The van der Waals surface area contributed by atoms with E-state index in [1.54, 1.807) is 0 Å². The molecule has 0 spiro atoms. The van der Waals surface area contributed by atoms with Crippen molar-refractivity contribution in [3.05, 3.63) is 27.1 Å². The molecule has 1 heterocycles. The fourth-order valence-corrected chi connectivity index (χ4v) is 4.30. The van der Waals surface area contributed by atoms with Gasteiger partial charge in [0.05, 0.1) is 5.69 Å². The van der Waals surface area contributed by atoms with Crippen LogP contribution in [-0.4, -0.2) is 25.7 Å². The third-order valence-corrected chi connectivity index (χ3v) is 5.44. The van der Waals surface area contributed by atoms with Gasteiger partial charge in [0, 0.05) is 27.6 Å². The lowest BCUT2D eigenvalue weighted by molar-refractivity contribution is 0.282. The monoisotopic (exact) mass is 374 g/mol. The molecule has 0 saturated carbocycles. The third kappa shape index (κ3) is 2.61. The summed E-state index contributed by atoms with van der Waals surface area (Å²) >= 11 is 7.35. The summed E-state index contributed by atoms with van der Waals surface area (Å²) in [6.07, 6.45) is 1.19. The smallest absolute Gasteiger partial charge is 0.0657 e. The van der Waals surface area contributed by atoms with Crippen LogP contribution in [0, 0.1) is 5.92 Å². The molecule has 2 rings (SSSR count). The second-order valence-electron chi connectivity index (χ2n) is 5.05. The molecule has 0 radical (unpaired) electrons. The van der Waals surface area contributed by atoms with E-state index in [9.17, 15) is 0 Å². The predicted octanol–water partition coefficient (Wildman–Crippen LogP) is 4.03. The average Bonchev–Trinajstić information content (AvgIpc) is 2.34. The molecule has 1 aromatic rings. The maximum absolute atomic E-state index is 3.67. The van der Waals surface area contributed by atoms with Gasteiger partial charge in [-0.1, -0.05) is 13.0 Å². The molecule has 18 heavy (non-hydrogen) atoms. The maximum Gasteiger partial charge on any atom is 0.0657 e. The fourth-order valence-electron chi connectivity index (χ4n) is 2.85. The first-order chi connectivity index (χ1) is 8.56. The Kier molecular flexibility index (Phi) is 4.73. The molecule has 3 unspecified atom stereocenters. The molecule has 1 N–H and O–H groups in total. The molecule has 0 bridgehead atoms. The minimum atomic E-state index is 0.534. The quantitative estimate of drug-likeness (QED) is 0.839. The van der Waals surface area contributed by atoms with Crippen molar-refractivity contribution in [2.75, 3.05) is 18.5 Å². The van der Waals surface area contributed by atoms with Crippen LogP contribution in [0.3, 0.4) is 0 Å². The van der Waals surface area contributed by atoms with Crippen LogP contribution >= 0.6 is 31.9 Å². The zero-order valence-corrected chi connectivity index (χ0v) is 14.3. The molecule has 1 fully saturated rings. The fraction of sp³-hybridized carbons (Fsp3) is 0.571. The molecule has 4 heteroatoms. The Hall–Kier alpha value is -0.0600. The standard InChI is InChI=1S/C14H20Br2N2/c1-9-10(2)18(8-7-13(9)17-3)14-11(15)5-4-6-12(14)16/h4-6,9-10,13,17H,7-8H2,1-3H3. The van der Waals surface area contributed by atoms with Gasteiger partial charge < -0.3 is 10.2 Å². The Labute approximate surface area is 126 Å². The second kappa shape index (κ2) is 5.93. The summed E-state index contributed by atoms with van der Waals surface area (Å²) in [6, 6.07) is 7.44. The number of nitrogens with zero attached hydrogens (tertiary/aromatic N) is 1. The van der Waals surface area contributed by atoms with Crippen LogP contribution in [0.4, 0.5) is 5.69 Å². The predicted molar refractivity (Wildman–Crippen MR) is 85.3 cm³/mol. The van der Waals surface area contributed by atoms with Crippen molar-refractivity contribution in [1.82, 2.24) is 5.32 Å². The molecule has 1 saturated heterocycles. The van der Waals surface area contributed by atoms with Crippen LogP contribution in [0.25, 0.3) is 0 Å². The molecule has 0 aliphatic carbocycles. The highest BCUT2D eigenvalue weighted by atomic mass is 79.9. The van der Waals surface area contributed by atoms with Gasteiger partial charge in [0.2, 0.25) is 0 Å². The Balaban J connectivity index is 2.29. The normalized spacial score (nSPS) is 28.5. The van der Waals surface area contributed by atoms with E-state index in [2.05, 4.69) is 81.2 Å². The van der Waals surface area contributed by atoms with Gasteiger partial charge in [-0.05, 0) is 70.3 Å². The molecule has 1 aliphatic heterocycles. The number of rotatable bonds is 2. The van der Waals surface area contributed by atoms with Crippen molar-refractivity contribution >= 4 is 37.5 Å². The van der Waals surface area contributed by atoms with Crippen molar-refractivity contribution in [2.45, 2.75) is 32.4 Å². The number of anilines is 1. The number of hydrogen-bond donors (Lipinski definition) is 1. The summed E-state index contributed by atoms with van der Waals surface area (Å²) in [5.41, 5.74) is 1.28. The highest BCUT2D eigenvalue weighted by molar-refractivity contribution is 9.11. The largest absolute Gasteiger partial charge is 0.367 e. The first-order valence-corrected chi connectivity index (χ1v) is 8.02. The summed E-state index contributed by atoms with van der Waals surface area (Å²) in [4.78, 5) is 2.51. The van der Waals surface area contributed by atoms with Crippen molar-refractivity contribution in [3.8, 4) is 0 Å². The summed E-state index contributed by atoms with van der Waals surface area (Å²) in [5.74, 6) is 0.641. The van der Waals surface area contributed by atoms with E-state index in [0.29, 0.717) is 18.0 Å². The molecule has 3 atom stereocenters. The van der Waals surface area contributed by atoms with Crippen LogP contribution in [-0.2, 0) is 0 Å². The van der Waals surface area contributed by atoms with Crippen LogP contribution < -0.4 is 10.2 Å².